The van der Waals surface area contributed by atoms with E-state index in [1.54, 1.807) is 13.2 Å². The van der Waals surface area contributed by atoms with E-state index in [2.05, 4.69) is 17.2 Å². The zero-order chi connectivity index (χ0) is 24.4. The molecule has 35 heavy (non-hydrogen) atoms. The summed E-state index contributed by atoms with van der Waals surface area (Å²) in [7, 11) is 3.56. The molecule has 178 valence electrons. The van der Waals surface area contributed by atoms with Gasteiger partial charge in [0.2, 0.25) is 0 Å². The Morgan fingerprint density at radius 3 is 2.60 bits per heavy atom. The SMILES string of the molecule is COc1ccccc1OCCNC(=O)c1ccc2nc(C(C)c3nc4ccccc4[nH]3)n(C)c2c1. The molecule has 5 rings (SSSR count). The van der Waals surface area contributed by atoms with Crippen molar-refractivity contribution < 1.29 is 14.3 Å². The first-order valence-electron chi connectivity index (χ1n) is 11.5. The second-order valence-corrected chi connectivity index (χ2v) is 8.35. The Hall–Kier alpha value is -4.33. The van der Waals surface area contributed by atoms with Gasteiger partial charge in [-0.1, -0.05) is 24.3 Å². The van der Waals surface area contributed by atoms with E-state index in [0.717, 1.165) is 33.7 Å². The molecule has 0 aliphatic heterocycles. The molecule has 2 aromatic heterocycles. The van der Waals surface area contributed by atoms with Crippen LogP contribution >= 0.6 is 0 Å². The van der Waals surface area contributed by atoms with Crippen molar-refractivity contribution in [3.8, 4) is 11.5 Å². The first-order chi connectivity index (χ1) is 17.0. The van der Waals surface area contributed by atoms with E-state index in [-0.39, 0.29) is 11.8 Å². The van der Waals surface area contributed by atoms with Crippen LogP contribution in [0.3, 0.4) is 0 Å². The number of hydrogen-bond acceptors (Lipinski definition) is 5. The largest absolute Gasteiger partial charge is 0.493 e. The van der Waals surface area contributed by atoms with Crippen LogP contribution in [0, 0.1) is 0 Å². The lowest BCUT2D eigenvalue weighted by Crippen LogP contribution is -2.28. The van der Waals surface area contributed by atoms with Gasteiger partial charge in [-0.3, -0.25) is 4.79 Å². The highest BCUT2D eigenvalue weighted by molar-refractivity contribution is 5.97. The van der Waals surface area contributed by atoms with Gasteiger partial charge in [-0.25, -0.2) is 9.97 Å². The lowest BCUT2D eigenvalue weighted by atomic mass is 10.1. The van der Waals surface area contributed by atoms with Gasteiger partial charge in [-0.2, -0.15) is 0 Å². The molecule has 0 spiro atoms. The van der Waals surface area contributed by atoms with Crippen LogP contribution in [0.2, 0.25) is 0 Å². The van der Waals surface area contributed by atoms with Gasteiger partial charge < -0.3 is 24.3 Å². The number of aryl methyl sites for hydroxylation is 1. The van der Waals surface area contributed by atoms with E-state index in [0.29, 0.717) is 30.2 Å². The number of fused-ring (bicyclic) bond motifs is 2. The maximum absolute atomic E-state index is 12.8. The van der Waals surface area contributed by atoms with Crippen LogP contribution in [-0.2, 0) is 7.05 Å². The van der Waals surface area contributed by atoms with Gasteiger partial charge in [0.05, 0.1) is 41.6 Å². The second-order valence-electron chi connectivity index (χ2n) is 8.35. The van der Waals surface area contributed by atoms with Crippen molar-refractivity contribution in [3.63, 3.8) is 0 Å². The minimum atomic E-state index is -0.163. The van der Waals surface area contributed by atoms with Gasteiger partial charge in [-0.15, -0.1) is 0 Å². The van der Waals surface area contributed by atoms with Gasteiger partial charge in [-0.05, 0) is 49.4 Å². The summed E-state index contributed by atoms with van der Waals surface area (Å²) in [4.78, 5) is 25.7. The number of rotatable bonds is 8. The van der Waals surface area contributed by atoms with Crippen LogP contribution < -0.4 is 14.8 Å². The molecule has 0 saturated carbocycles. The Morgan fingerprint density at radius 1 is 1.03 bits per heavy atom. The topological polar surface area (TPSA) is 94.1 Å². The number of carbonyl (C=O) groups is 1. The van der Waals surface area contributed by atoms with E-state index >= 15 is 0 Å². The third-order valence-electron chi connectivity index (χ3n) is 6.10. The molecule has 0 radical (unpaired) electrons. The number of imidazole rings is 2. The Bertz CT molecular complexity index is 1470. The fraction of sp³-hybridized carbons (Fsp3) is 0.222. The molecule has 0 aliphatic rings. The lowest BCUT2D eigenvalue weighted by Gasteiger charge is -2.11. The number of methoxy groups -OCH3 is 1. The van der Waals surface area contributed by atoms with Crippen LogP contribution in [0.1, 0.15) is 34.8 Å². The van der Waals surface area contributed by atoms with Gasteiger partial charge in [0.1, 0.15) is 18.3 Å². The maximum atomic E-state index is 12.8. The number of nitrogens with one attached hydrogen (secondary N) is 2. The molecule has 1 unspecified atom stereocenters. The number of H-pyrrole nitrogens is 1. The quantitative estimate of drug-likeness (QED) is 0.328. The van der Waals surface area contributed by atoms with Crippen molar-refractivity contribution in [2.24, 2.45) is 7.05 Å². The fourth-order valence-corrected chi connectivity index (χ4v) is 4.20. The van der Waals surface area contributed by atoms with E-state index in [1.165, 1.54) is 0 Å². The van der Waals surface area contributed by atoms with Crippen LogP contribution in [0.5, 0.6) is 11.5 Å². The summed E-state index contributed by atoms with van der Waals surface area (Å²) in [5.74, 6) is 2.84. The number of aromatic nitrogens is 4. The third kappa shape index (κ3) is 4.42. The number of hydrogen-bond donors (Lipinski definition) is 2. The Balaban J connectivity index is 1.28. The summed E-state index contributed by atoms with van der Waals surface area (Å²) in [6.45, 7) is 2.78. The molecule has 2 heterocycles. The van der Waals surface area contributed by atoms with E-state index in [1.807, 2.05) is 72.3 Å². The van der Waals surface area contributed by atoms with Crippen LogP contribution in [0.15, 0.2) is 66.7 Å². The van der Waals surface area contributed by atoms with E-state index in [9.17, 15) is 4.79 Å². The molecular weight excluding hydrogens is 442 g/mol. The number of nitrogens with zero attached hydrogens (tertiary/aromatic N) is 3. The molecule has 2 N–H and O–H groups in total. The predicted octanol–water partition coefficient (Wildman–Crippen LogP) is 4.42. The molecule has 8 nitrogen and oxygen atoms in total. The molecule has 1 atom stereocenters. The maximum Gasteiger partial charge on any atom is 0.251 e. The van der Waals surface area contributed by atoms with Crippen LogP contribution in [0.25, 0.3) is 22.1 Å². The zero-order valence-electron chi connectivity index (χ0n) is 19.9. The molecule has 0 fully saturated rings. The van der Waals surface area contributed by atoms with Crippen molar-refractivity contribution in [3.05, 3.63) is 83.9 Å². The van der Waals surface area contributed by atoms with Crippen LogP contribution in [-0.4, -0.2) is 45.7 Å². The monoisotopic (exact) mass is 469 g/mol. The Kier molecular flexibility index (Phi) is 6.10. The van der Waals surface area contributed by atoms with E-state index < -0.39 is 0 Å². The minimum Gasteiger partial charge on any atom is -0.493 e. The van der Waals surface area contributed by atoms with Crippen molar-refractivity contribution >= 4 is 28.0 Å². The average Bonchev–Trinajstić information content (AvgIpc) is 3.47. The highest BCUT2D eigenvalue weighted by Crippen LogP contribution is 2.27. The first kappa shape index (κ1) is 22.5. The highest BCUT2D eigenvalue weighted by Gasteiger charge is 2.20. The molecule has 3 aromatic carbocycles. The Labute approximate surface area is 202 Å². The number of para-hydroxylation sites is 4. The summed E-state index contributed by atoms with van der Waals surface area (Å²) in [5, 5.41) is 2.91. The molecular formula is C27H27N5O3. The molecule has 0 bridgehead atoms. The molecule has 5 aromatic rings. The van der Waals surface area contributed by atoms with E-state index in [4.69, 9.17) is 19.4 Å². The summed E-state index contributed by atoms with van der Waals surface area (Å²) in [5.41, 5.74) is 4.23. The number of carbonyl (C=O) groups excluding carboxylic acids is 1. The van der Waals surface area contributed by atoms with Crippen LogP contribution in [0.4, 0.5) is 0 Å². The fourth-order valence-electron chi connectivity index (χ4n) is 4.20. The second kappa shape index (κ2) is 9.50. The van der Waals surface area contributed by atoms with Crippen molar-refractivity contribution in [1.29, 1.82) is 0 Å². The van der Waals surface area contributed by atoms with Crippen molar-refractivity contribution in [1.82, 2.24) is 24.8 Å². The normalized spacial score (nSPS) is 12.1. The van der Waals surface area contributed by atoms with Gasteiger partial charge >= 0.3 is 0 Å². The van der Waals surface area contributed by atoms with Gasteiger partial charge in [0, 0.05) is 12.6 Å². The summed E-state index contributed by atoms with van der Waals surface area (Å²) < 4.78 is 13.0. The Morgan fingerprint density at radius 2 is 1.80 bits per heavy atom. The zero-order valence-corrected chi connectivity index (χ0v) is 19.9. The smallest absolute Gasteiger partial charge is 0.251 e. The molecule has 8 heteroatoms. The highest BCUT2D eigenvalue weighted by atomic mass is 16.5. The number of benzene rings is 3. The van der Waals surface area contributed by atoms with Gasteiger partial charge in [0.25, 0.3) is 5.91 Å². The molecule has 0 aliphatic carbocycles. The third-order valence-corrected chi connectivity index (χ3v) is 6.10. The van der Waals surface area contributed by atoms with Crippen molar-refractivity contribution in [2.75, 3.05) is 20.3 Å². The number of aromatic amines is 1. The summed E-state index contributed by atoms with van der Waals surface area (Å²) in [6, 6.07) is 20.9. The predicted molar refractivity (Wildman–Crippen MR) is 135 cm³/mol. The minimum absolute atomic E-state index is 0.0378. The molecule has 0 saturated heterocycles. The number of amides is 1. The standard InChI is InChI=1S/C27H27N5O3/c1-17(25-29-19-8-4-5-9-20(19)30-25)26-31-21-13-12-18(16-22(21)32(26)2)27(33)28-14-15-35-24-11-7-6-10-23(24)34-3/h4-13,16-17H,14-15H2,1-3H3,(H,28,33)(H,29,30). The first-order valence-corrected chi connectivity index (χ1v) is 11.5. The van der Waals surface area contributed by atoms with Crippen molar-refractivity contribution in [2.45, 2.75) is 12.8 Å². The molecule has 1 amide bonds. The number of ether oxygens (including phenoxy) is 2. The van der Waals surface area contributed by atoms with Gasteiger partial charge in [0.15, 0.2) is 11.5 Å². The average molecular weight is 470 g/mol. The summed E-state index contributed by atoms with van der Waals surface area (Å²) in [6.07, 6.45) is 0. The lowest BCUT2D eigenvalue weighted by molar-refractivity contribution is 0.0947. The summed E-state index contributed by atoms with van der Waals surface area (Å²) >= 11 is 0.